The standard InChI is InChI=1S/C57H75ClN10O6S/c1-35(38-10-12-39(13-11-38)48-36(2)61-34-75-48)62-51(72)45-28-42(69)32-68(45)52(73)49(55(3,4)5)63-47(70)33-66-26-24-65(25-27-66)21-18-37-19-22-67(23-20-37)46-17-15-41(31-60-46)50(71)64-53-56(6,7)54(57(53,8)9)74-43-16-14-40(30-59)44(58)29-43/h10-17,29,31,34-35,37,42,45,49,53-54,69H,18-28,32-33H2,1-9H3,(H,62,72)(H,63,70)(H,64,71)/t35-,42+,45?,49?,53?,54?/m0/s1. The van der Waals surface area contributed by atoms with Crippen molar-refractivity contribution in [3.05, 3.63) is 93.7 Å². The maximum atomic E-state index is 14.3. The number of aromatic nitrogens is 2. The lowest BCUT2D eigenvalue weighted by atomic mass is 9.49. The number of benzene rings is 2. The molecule has 0 bridgehead atoms. The van der Waals surface area contributed by atoms with Gasteiger partial charge < -0.3 is 40.5 Å². The second kappa shape index (κ2) is 22.9. The van der Waals surface area contributed by atoms with Crippen molar-refractivity contribution in [2.24, 2.45) is 22.2 Å². The van der Waals surface area contributed by atoms with Crippen molar-refractivity contribution in [3.8, 4) is 22.3 Å². The molecule has 0 spiro atoms. The number of hydrogen-bond acceptors (Lipinski definition) is 13. The van der Waals surface area contributed by atoms with E-state index in [9.17, 15) is 29.5 Å². The molecule has 3 aliphatic heterocycles. The predicted molar refractivity (Wildman–Crippen MR) is 292 cm³/mol. The number of aryl methyl sites for hydroxylation is 1. The zero-order chi connectivity index (χ0) is 54.0. The minimum atomic E-state index is -0.891. The molecule has 4 fully saturated rings. The van der Waals surface area contributed by atoms with Gasteiger partial charge in [-0.25, -0.2) is 9.97 Å². The van der Waals surface area contributed by atoms with E-state index in [0.29, 0.717) is 27.8 Å². The first kappa shape index (κ1) is 55.6. The summed E-state index contributed by atoms with van der Waals surface area (Å²) in [6.45, 7) is 24.1. The number of anilines is 1. The van der Waals surface area contributed by atoms with Crippen LogP contribution in [0.3, 0.4) is 0 Å². The summed E-state index contributed by atoms with van der Waals surface area (Å²) in [6.07, 6.45) is 3.96. The molecule has 3 saturated heterocycles. The lowest BCUT2D eigenvalue weighted by Gasteiger charge is -2.63. The molecule has 5 heterocycles. The van der Waals surface area contributed by atoms with Crippen molar-refractivity contribution in [1.29, 1.82) is 5.26 Å². The summed E-state index contributed by atoms with van der Waals surface area (Å²) >= 11 is 7.86. The fourth-order valence-electron chi connectivity index (χ4n) is 11.9. The number of rotatable bonds is 16. The van der Waals surface area contributed by atoms with Crippen molar-refractivity contribution in [1.82, 2.24) is 40.6 Å². The van der Waals surface area contributed by atoms with Gasteiger partial charge in [0.1, 0.15) is 35.8 Å². The second-order valence-corrected chi connectivity index (χ2v) is 24.7. The topological polar surface area (TPSA) is 196 Å². The number of nitrogens with zero attached hydrogens (tertiary/aromatic N) is 7. The van der Waals surface area contributed by atoms with Gasteiger partial charge in [0.05, 0.1) is 50.9 Å². The van der Waals surface area contributed by atoms with E-state index in [0.717, 1.165) is 92.6 Å². The van der Waals surface area contributed by atoms with E-state index in [4.69, 9.17) is 21.3 Å². The average molecular weight is 1060 g/mol. The van der Waals surface area contributed by atoms with E-state index in [1.54, 1.807) is 35.7 Å². The maximum Gasteiger partial charge on any atom is 0.253 e. The van der Waals surface area contributed by atoms with Crippen LogP contribution in [-0.4, -0.2) is 143 Å². The van der Waals surface area contributed by atoms with Crippen LogP contribution in [0.25, 0.3) is 10.4 Å². The fraction of sp³-hybridized carbons (Fsp3) is 0.561. The molecule has 2 aromatic heterocycles. The lowest BCUT2D eigenvalue weighted by Crippen LogP contribution is -2.74. The Balaban J connectivity index is 0.743. The summed E-state index contributed by atoms with van der Waals surface area (Å²) < 4.78 is 6.39. The number of pyridine rings is 1. The number of carbonyl (C=O) groups is 4. The molecule has 1 aliphatic carbocycles. The van der Waals surface area contributed by atoms with E-state index in [1.165, 1.54) is 4.90 Å². The smallest absolute Gasteiger partial charge is 0.253 e. The number of nitrogens with one attached hydrogen (secondary N) is 3. The Bertz CT molecular complexity index is 2710. The number of ether oxygens (including phenoxy) is 1. The summed E-state index contributed by atoms with van der Waals surface area (Å²) in [4.78, 5) is 73.8. The highest BCUT2D eigenvalue weighted by Gasteiger charge is 2.64. The Morgan fingerprint density at radius 3 is 2.21 bits per heavy atom. The van der Waals surface area contributed by atoms with Crippen LogP contribution in [0.2, 0.25) is 5.02 Å². The quantitative estimate of drug-likeness (QED) is 0.0880. The Morgan fingerprint density at radius 2 is 1.61 bits per heavy atom. The number of β-amino-alcohol motifs (C(OH)–C–C–N with tert-alkyl or cyclic N) is 1. The highest BCUT2D eigenvalue weighted by molar-refractivity contribution is 7.13. The van der Waals surface area contributed by atoms with Gasteiger partial charge in [0.25, 0.3) is 5.91 Å². The zero-order valence-corrected chi connectivity index (χ0v) is 46.6. The molecule has 4 N–H and O–H groups in total. The van der Waals surface area contributed by atoms with E-state index >= 15 is 0 Å². The third-order valence-corrected chi connectivity index (χ3v) is 17.4. The molecule has 4 amide bonds. The van der Waals surface area contributed by atoms with Crippen molar-refractivity contribution >= 4 is 52.4 Å². The van der Waals surface area contributed by atoms with Crippen LogP contribution < -0.4 is 25.6 Å². The minimum Gasteiger partial charge on any atom is -0.489 e. The molecule has 4 aliphatic rings. The third kappa shape index (κ3) is 12.6. The van der Waals surface area contributed by atoms with Gasteiger partial charge >= 0.3 is 0 Å². The van der Waals surface area contributed by atoms with Gasteiger partial charge in [0.2, 0.25) is 17.7 Å². The van der Waals surface area contributed by atoms with Crippen LogP contribution in [0.1, 0.15) is 114 Å². The van der Waals surface area contributed by atoms with Crippen LogP contribution >= 0.6 is 22.9 Å². The monoisotopic (exact) mass is 1060 g/mol. The lowest BCUT2D eigenvalue weighted by molar-refractivity contribution is -0.164. The number of aliphatic hydroxyl groups is 1. The predicted octanol–water partition coefficient (Wildman–Crippen LogP) is 7.24. The van der Waals surface area contributed by atoms with Gasteiger partial charge in [-0.1, -0.05) is 84.3 Å². The van der Waals surface area contributed by atoms with Gasteiger partial charge in [-0.15, -0.1) is 11.3 Å². The first-order valence-corrected chi connectivity index (χ1v) is 27.7. The highest BCUT2D eigenvalue weighted by atomic mass is 35.5. The minimum absolute atomic E-state index is 0.0172. The fourth-order valence-corrected chi connectivity index (χ4v) is 13.0. The van der Waals surface area contributed by atoms with Crippen LogP contribution in [0.5, 0.6) is 5.75 Å². The summed E-state index contributed by atoms with van der Waals surface area (Å²) in [7, 11) is 0. The number of piperazine rings is 1. The number of amides is 4. The number of thiazole rings is 1. The molecule has 402 valence electrons. The Labute approximate surface area is 451 Å². The zero-order valence-electron chi connectivity index (χ0n) is 45.0. The molecule has 4 aromatic rings. The largest absolute Gasteiger partial charge is 0.489 e. The van der Waals surface area contributed by atoms with Crippen molar-refractivity contribution in [3.63, 3.8) is 0 Å². The molecule has 2 unspecified atom stereocenters. The van der Waals surface area contributed by atoms with Crippen LogP contribution in [0.4, 0.5) is 5.82 Å². The summed E-state index contributed by atoms with van der Waals surface area (Å²) in [6, 6.07) is 16.7. The van der Waals surface area contributed by atoms with E-state index in [-0.39, 0.29) is 72.2 Å². The second-order valence-electron chi connectivity index (χ2n) is 23.4. The van der Waals surface area contributed by atoms with Crippen LogP contribution in [0.15, 0.2) is 66.3 Å². The van der Waals surface area contributed by atoms with E-state index < -0.39 is 23.6 Å². The molecule has 18 heteroatoms. The molecular formula is C57H75ClN10O6S. The molecule has 0 radical (unpaired) electrons. The molecule has 4 atom stereocenters. The first-order valence-electron chi connectivity index (χ1n) is 26.4. The molecule has 1 saturated carbocycles. The van der Waals surface area contributed by atoms with Crippen molar-refractivity contribution < 1.29 is 29.0 Å². The number of carbonyl (C=O) groups excluding carboxylic acids is 4. The maximum absolute atomic E-state index is 14.3. The normalized spacial score (nSPS) is 22.9. The van der Waals surface area contributed by atoms with Gasteiger partial charge in [0.15, 0.2) is 0 Å². The molecular weight excluding hydrogens is 988 g/mol. The molecule has 16 nitrogen and oxygen atoms in total. The number of likely N-dealkylation sites (tertiary alicyclic amines) is 1. The summed E-state index contributed by atoms with van der Waals surface area (Å²) in [5.41, 5.74) is 4.28. The number of aliphatic hydroxyl groups excluding tert-OH is 1. The summed E-state index contributed by atoms with van der Waals surface area (Å²) in [5, 5.41) is 29.7. The van der Waals surface area contributed by atoms with Crippen LogP contribution in [0, 0.1) is 40.4 Å². The van der Waals surface area contributed by atoms with Gasteiger partial charge in [-0.3, -0.25) is 24.1 Å². The Kier molecular flexibility index (Phi) is 17.0. The highest BCUT2D eigenvalue weighted by Crippen LogP contribution is 2.55. The Morgan fingerprint density at radius 1 is 0.933 bits per heavy atom. The van der Waals surface area contributed by atoms with Crippen LogP contribution in [-0.2, 0) is 14.4 Å². The van der Waals surface area contributed by atoms with E-state index in [2.05, 4.69) is 69.4 Å². The van der Waals surface area contributed by atoms with Gasteiger partial charge in [-0.2, -0.15) is 5.26 Å². The number of piperidine rings is 1. The number of hydrogen-bond donors (Lipinski definition) is 4. The van der Waals surface area contributed by atoms with Gasteiger partial charge in [-0.05, 0) is 86.4 Å². The average Bonchev–Trinajstić information content (AvgIpc) is 4.00. The number of halogens is 1. The SMILES string of the molecule is Cc1ncsc1-c1ccc([C@H](C)NC(=O)C2C[C@@H](O)CN2C(=O)C(NC(=O)CN2CCN(CCC3CCN(c4ccc(C(=O)NC5C(C)(C)C(Oc6ccc(C#N)c(Cl)c6)C5(C)C)cn4)CC3)CC2)C(C)(C)C)cc1. The van der Waals surface area contributed by atoms with E-state index in [1.807, 2.05) is 76.5 Å². The Hall–Kier alpha value is -5.64. The third-order valence-electron chi connectivity index (χ3n) is 16.1. The molecule has 2 aromatic carbocycles. The molecule has 75 heavy (non-hydrogen) atoms. The van der Waals surface area contributed by atoms with Crippen molar-refractivity contribution in [2.45, 2.75) is 124 Å². The molecule has 8 rings (SSSR count). The first-order chi connectivity index (χ1) is 35.5. The number of nitriles is 1. The van der Waals surface area contributed by atoms with Gasteiger partial charge in [0, 0.05) is 81.4 Å². The van der Waals surface area contributed by atoms with Crippen molar-refractivity contribution in [2.75, 3.05) is 63.8 Å². The summed E-state index contributed by atoms with van der Waals surface area (Å²) in [5.74, 6) is 0.935.